The van der Waals surface area contributed by atoms with Gasteiger partial charge >= 0.3 is 0 Å². The predicted molar refractivity (Wildman–Crippen MR) is 119 cm³/mol. The van der Waals surface area contributed by atoms with Crippen molar-refractivity contribution in [2.24, 2.45) is 0 Å². The molecule has 0 bridgehead atoms. The lowest BCUT2D eigenvalue weighted by Gasteiger charge is -2.12. The molecule has 1 N–H and O–H groups in total. The first-order valence-electron chi connectivity index (χ1n) is 9.36. The molecule has 1 heterocycles. The van der Waals surface area contributed by atoms with Crippen LogP contribution in [0.2, 0.25) is 0 Å². The molecule has 152 valence electrons. The molecule has 2 aromatic carbocycles. The molecular formula is C22H22BrNO4S. The van der Waals surface area contributed by atoms with Crippen molar-refractivity contribution in [3.8, 4) is 11.5 Å². The molecule has 29 heavy (non-hydrogen) atoms. The Balaban J connectivity index is 1.59. The molecule has 0 spiro atoms. The number of rotatable bonds is 8. The van der Waals surface area contributed by atoms with Crippen LogP contribution in [0.15, 0.2) is 51.8 Å². The van der Waals surface area contributed by atoms with Gasteiger partial charge in [0.1, 0.15) is 24.7 Å². The van der Waals surface area contributed by atoms with Crippen molar-refractivity contribution >= 4 is 44.9 Å². The number of nitrogens with one attached hydrogen (secondary N) is 1. The molecule has 1 aliphatic heterocycles. The lowest BCUT2D eigenvalue weighted by molar-refractivity contribution is -0.115. The quantitative estimate of drug-likeness (QED) is 0.389. The van der Waals surface area contributed by atoms with Crippen molar-refractivity contribution in [3.63, 3.8) is 0 Å². The number of hydrogen-bond donors (Lipinski definition) is 1. The van der Waals surface area contributed by atoms with E-state index < -0.39 is 5.91 Å². The van der Waals surface area contributed by atoms with Gasteiger partial charge in [0, 0.05) is 10.0 Å². The zero-order chi connectivity index (χ0) is 20.8. The van der Waals surface area contributed by atoms with Crippen molar-refractivity contribution in [2.45, 2.75) is 26.2 Å². The van der Waals surface area contributed by atoms with Crippen molar-refractivity contribution in [1.29, 1.82) is 0 Å². The largest absolute Gasteiger partial charge is 0.490 e. The third kappa shape index (κ3) is 5.87. The van der Waals surface area contributed by atoms with Crippen LogP contribution in [0.1, 0.15) is 37.3 Å². The second-order valence-corrected chi connectivity index (χ2v) is 8.54. The van der Waals surface area contributed by atoms with E-state index in [-0.39, 0.29) is 5.24 Å². The Morgan fingerprint density at radius 1 is 1.10 bits per heavy atom. The van der Waals surface area contributed by atoms with Gasteiger partial charge in [0.2, 0.25) is 0 Å². The highest BCUT2D eigenvalue weighted by Gasteiger charge is 2.25. The molecular weight excluding hydrogens is 454 g/mol. The van der Waals surface area contributed by atoms with E-state index in [1.54, 1.807) is 6.08 Å². The van der Waals surface area contributed by atoms with Gasteiger partial charge < -0.3 is 9.47 Å². The van der Waals surface area contributed by atoms with E-state index in [0.717, 1.165) is 28.4 Å². The minimum Gasteiger partial charge on any atom is -0.490 e. The van der Waals surface area contributed by atoms with E-state index in [2.05, 4.69) is 47.2 Å². The van der Waals surface area contributed by atoms with Gasteiger partial charge in [-0.1, -0.05) is 41.9 Å². The smallest absolute Gasteiger partial charge is 0.290 e. The van der Waals surface area contributed by atoms with Gasteiger partial charge in [0.15, 0.2) is 0 Å². The molecule has 1 atom stereocenters. The van der Waals surface area contributed by atoms with Gasteiger partial charge in [-0.2, -0.15) is 0 Å². The van der Waals surface area contributed by atoms with Crippen LogP contribution >= 0.6 is 27.7 Å². The van der Waals surface area contributed by atoms with Crippen molar-refractivity contribution < 1.29 is 19.1 Å². The molecule has 0 aromatic heterocycles. The van der Waals surface area contributed by atoms with E-state index in [0.29, 0.717) is 35.3 Å². The molecule has 5 nitrogen and oxygen atoms in total. The van der Waals surface area contributed by atoms with E-state index >= 15 is 0 Å². The summed E-state index contributed by atoms with van der Waals surface area (Å²) in [7, 11) is 0. The first-order valence-corrected chi connectivity index (χ1v) is 11.0. The summed E-state index contributed by atoms with van der Waals surface area (Å²) in [6.45, 7) is 5.12. The Hall–Kier alpha value is -2.25. The van der Waals surface area contributed by atoms with Gasteiger partial charge in [-0.3, -0.25) is 14.9 Å². The number of thioether (sulfide) groups is 1. The molecule has 2 aromatic rings. The van der Waals surface area contributed by atoms with Crippen LogP contribution in [0.5, 0.6) is 11.5 Å². The van der Waals surface area contributed by atoms with Gasteiger partial charge in [0.05, 0.1) is 4.91 Å². The Kier molecular flexibility index (Phi) is 7.39. The summed E-state index contributed by atoms with van der Waals surface area (Å²) < 4.78 is 12.5. The maximum atomic E-state index is 11.8. The Morgan fingerprint density at radius 2 is 1.83 bits per heavy atom. The summed E-state index contributed by atoms with van der Waals surface area (Å²) in [4.78, 5) is 23.5. The number of amides is 2. The standard InChI is InChI=1S/C22H22BrNO4S/c1-3-14(2)15-4-7-18(8-5-15)27-10-11-28-19-9-6-17(23)12-16(19)13-20-21(25)24-22(26)29-20/h4-9,12-14H,3,10-11H2,1-2H3,(H,24,25,26)/b20-13-. The number of imide groups is 1. The average Bonchev–Trinajstić information content (AvgIpc) is 3.03. The molecule has 0 aliphatic carbocycles. The van der Waals surface area contributed by atoms with E-state index in [4.69, 9.17) is 9.47 Å². The summed E-state index contributed by atoms with van der Waals surface area (Å²) in [5.74, 6) is 1.56. The number of carbonyl (C=O) groups is 2. The third-order valence-electron chi connectivity index (χ3n) is 4.57. The van der Waals surface area contributed by atoms with E-state index in [9.17, 15) is 9.59 Å². The zero-order valence-electron chi connectivity index (χ0n) is 16.2. The molecule has 2 amide bonds. The zero-order valence-corrected chi connectivity index (χ0v) is 18.6. The molecule has 1 fully saturated rings. The summed E-state index contributed by atoms with van der Waals surface area (Å²) in [6.07, 6.45) is 2.76. The van der Waals surface area contributed by atoms with E-state index in [1.807, 2.05) is 30.3 Å². The van der Waals surface area contributed by atoms with Crippen LogP contribution < -0.4 is 14.8 Å². The Labute approximate surface area is 183 Å². The molecule has 7 heteroatoms. The lowest BCUT2D eigenvalue weighted by atomic mass is 9.99. The third-order valence-corrected chi connectivity index (χ3v) is 5.88. The van der Waals surface area contributed by atoms with E-state index in [1.165, 1.54) is 5.56 Å². The summed E-state index contributed by atoms with van der Waals surface area (Å²) in [5.41, 5.74) is 2.01. The second kappa shape index (κ2) is 9.98. The van der Waals surface area contributed by atoms with Crippen molar-refractivity contribution in [3.05, 3.63) is 63.0 Å². The minimum atomic E-state index is -0.393. The van der Waals surface area contributed by atoms with Crippen LogP contribution in [0.3, 0.4) is 0 Å². The van der Waals surface area contributed by atoms with Crippen LogP contribution in [-0.4, -0.2) is 24.4 Å². The number of carbonyl (C=O) groups excluding carboxylic acids is 2. The highest BCUT2D eigenvalue weighted by Crippen LogP contribution is 2.31. The predicted octanol–water partition coefficient (Wildman–Crippen LogP) is 5.74. The summed E-state index contributed by atoms with van der Waals surface area (Å²) in [6, 6.07) is 13.7. The summed E-state index contributed by atoms with van der Waals surface area (Å²) in [5, 5.41) is 1.88. The molecule has 0 saturated carbocycles. The lowest BCUT2D eigenvalue weighted by Crippen LogP contribution is -2.17. The number of hydrogen-bond acceptors (Lipinski definition) is 5. The number of ether oxygens (including phenoxy) is 2. The SMILES string of the molecule is CCC(C)c1ccc(OCCOc2ccc(Br)cc2/C=C2\SC(=O)NC2=O)cc1. The van der Waals surface area contributed by atoms with Gasteiger partial charge in [0.25, 0.3) is 11.1 Å². The fourth-order valence-electron chi connectivity index (χ4n) is 2.77. The minimum absolute atomic E-state index is 0.343. The Bertz CT molecular complexity index is 927. The van der Waals surface area contributed by atoms with Gasteiger partial charge in [-0.25, -0.2) is 0 Å². The highest BCUT2D eigenvalue weighted by atomic mass is 79.9. The Morgan fingerprint density at radius 3 is 2.48 bits per heavy atom. The van der Waals surface area contributed by atoms with Crippen molar-refractivity contribution in [1.82, 2.24) is 5.32 Å². The van der Waals surface area contributed by atoms with Crippen LogP contribution in [0.4, 0.5) is 4.79 Å². The fourth-order valence-corrected chi connectivity index (χ4v) is 3.82. The monoisotopic (exact) mass is 475 g/mol. The van der Waals surface area contributed by atoms with Crippen LogP contribution in [0.25, 0.3) is 6.08 Å². The maximum Gasteiger partial charge on any atom is 0.290 e. The van der Waals surface area contributed by atoms with Gasteiger partial charge in [-0.15, -0.1) is 0 Å². The summed E-state index contributed by atoms with van der Waals surface area (Å²) >= 11 is 4.30. The van der Waals surface area contributed by atoms with Crippen molar-refractivity contribution in [2.75, 3.05) is 13.2 Å². The maximum absolute atomic E-state index is 11.8. The molecule has 0 radical (unpaired) electrons. The molecule has 1 unspecified atom stereocenters. The molecule has 1 aliphatic rings. The highest BCUT2D eigenvalue weighted by molar-refractivity contribution is 9.10. The van der Waals surface area contributed by atoms with Gasteiger partial charge in [-0.05, 0) is 66.1 Å². The normalized spacial score (nSPS) is 16.0. The fraction of sp³-hybridized carbons (Fsp3) is 0.273. The number of halogens is 1. The first-order chi connectivity index (χ1) is 14.0. The van der Waals surface area contributed by atoms with Crippen LogP contribution in [0, 0.1) is 0 Å². The first kappa shape index (κ1) is 21.5. The molecule has 3 rings (SSSR count). The van der Waals surface area contributed by atoms with Crippen LogP contribution in [-0.2, 0) is 4.79 Å². The molecule has 1 saturated heterocycles. The number of benzene rings is 2. The second-order valence-electron chi connectivity index (χ2n) is 6.61. The topological polar surface area (TPSA) is 64.6 Å². The average molecular weight is 476 g/mol.